The van der Waals surface area contributed by atoms with Crippen LogP contribution in [0.2, 0.25) is 5.02 Å². The molecule has 26 heavy (non-hydrogen) atoms. The molecule has 3 aromatic heterocycles. The van der Waals surface area contributed by atoms with Gasteiger partial charge in [-0.15, -0.1) is 0 Å². The van der Waals surface area contributed by atoms with Gasteiger partial charge < -0.3 is 8.97 Å². The number of nitrogens with zero attached hydrogens (tertiary/aromatic N) is 4. The van der Waals surface area contributed by atoms with Crippen LogP contribution in [-0.4, -0.2) is 18.9 Å². The molecule has 4 aromatic rings. The van der Waals surface area contributed by atoms with Gasteiger partial charge in [-0.05, 0) is 30.7 Å². The van der Waals surface area contributed by atoms with Crippen molar-refractivity contribution in [2.75, 3.05) is 0 Å². The van der Waals surface area contributed by atoms with Crippen LogP contribution >= 0.6 is 11.6 Å². The van der Waals surface area contributed by atoms with E-state index in [1.165, 1.54) is 0 Å². The third kappa shape index (κ3) is 2.25. The van der Waals surface area contributed by atoms with Crippen LogP contribution in [0.1, 0.15) is 12.2 Å². The summed E-state index contributed by atoms with van der Waals surface area (Å²) in [6, 6.07) is 6.00. The first-order chi connectivity index (χ1) is 12.6. The van der Waals surface area contributed by atoms with Crippen LogP contribution in [0.25, 0.3) is 28.2 Å². The fourth-order valence-electron chi connectivity index (χ4n) is 3.57. The quantitative estimate of drug-likeness (QED) is 0.478. The van der Waals surface area contributed by atoms with E-state index < -0.39 is 11.6 Å². The lowest BCUT2D eigenvalue weighted by Gasteiger charge is -2.10. The van der Waals surface area contributed by atoms with Gasteiger partial charge in [-0.3, -0.25) is 0 Å². The highest BCUT2D eigenvalue weighted by molar-refractivity contribution is 6.33. The van der Waals surface area contributed by atoms with Gasteiger partial charge in [0.1, 0.15) is 11.5 Å². The molecule has 0 bridgehead atoms. The SMILES string of the molecule is Fc1cc(Cl)c(-c2nc3n(c2-c2ccc4nccn4c2)CCC3)cc1F. The Labute approximate surface area is 152 Å². The van der Waals surface area contributed by atoms with E-state index in [9.17, 15) is 8.78 Å². The van der Waals surface area contributed by atoms with Crippen molar-refractivity contribution < 1.29 is 8.78 Å². The smallest absolute Gasteiger partial charge is 0.160 e. The molecule has 0 radical (unpaired) electrons. The molecule has 0 aliphatic carbocycles. The van der Waals surface area contributed by atoms with Gasteiger partial charge in [-0.1, -0.05) is 11.6 Å². The van der Waals surface area contributed by atoms with Crippen LogP contribution in [0.3, 0.4) is 0 Å². The third-order valence-electron chi connectivity index (χ3n) is 4.76. The molecule has 0 fully saturated rings. The molecule has 130 valence electrons. The van der Waals surface area contributed by atoms with Gasteiger partial charge in [-0.25, -0.2) is 18.7 Å². The number of pyridine rings is 1. The predicted molar refractivity (Wildman–Crippen MR) is 95.1 cm³/mol. The first-order valence-electron chi connectivity index (χ1n) is 8.29. The van der Waals surface area contributed by atoms with Crippen LogP contribution < -0.4 is 0 Å². The number of aromatic nitrogens is 4. The zero-order valence-electron chi connectivity index (χ0n) is 13.6. The third-order valence-corrected chi connectivity index (χ3v) is 5.07. The van der Waals surface area contributed by atoms with Gasteiger partial charge in [-0.2, -0.15) is 0 Å². The largest absolute Gasteiger partial charge is 0.327 e. The summed E-state index contributed by atoms with van der Waals surface area (Å²) in [5.74, 6) is -0.970. The molecular formula is C19H13ClF2N4. The van der Waals surface area contributed by atoms with E-state index in [1.54, 1.807) is 6.20 Å². The lowest BCUT2D eigenvalue weighted by Crippen LogP contribution is -1.98. The van der Waals surface area contributed by atoms with E-state index >= 15 is 0 Å². The van der Waals surface area contributed by atoms with Crippen molar-refractivity contribution in [3.63, 3.8) is 0 Å². The standard InChI is InChI=1S/C19H13ClF2N4/c20-13-9-15(22)14(21)8-12(13)18-19(26-6-1-2-17(26)24-18)11-3-4-16-23-5-7-25(16)10-11/h3-5,7-10H,1-2,6H2. The topological polar surface area (TPSA) is 35.1 Å². The molecule has 0 saturated heterocycles. The molecule has 1 aliphatic rings. The Morgan fingerprint density at radius 1 is 1.12 bits per heavy atom. The molecule has 5 rings (SSSR count). The number of hydrogen-bond acceptors (Lipinski definition) is 2. The summed E-state index contributed by atoms with van der Waals surface area (Å²) in [6.07, 6.45) is 7.41. The fraction of sp³-hybridized carbons (Fsp3) is 0.158. The molecule has 0 amide bonds. The molecule has 0 unspecified atom stereocenters. The molecule has 0 saturated carbocycles. The van der Waals surface area contributed by atoms with Gasteiger partial charge >= 0.3 is 0 Å². The molecule has 1 aromatic carbocycles. The Kier molecular flexibility index (Phi) is 3.37. The molecule has 0 N–H and O–H groups in total. The maximum atomic E-state index is 13.9. The molecular weight excluding hydrogens is 358 g/mol. The summed E-state index contributed by atoms with van der Waals surface area (Å²) in [4.78, 5) is 8.96. The highest BCUT2D eigenvalue weighted by atomic mass is 35.5. The summed E-state index contributed by atoms with van der Waals surface area (Å²) in [5.41, 5.74) is 3.59. The molecule has 0 atom stereocenters. The van der Waals surface area contributed by atoms with E-state index in [0.29, 0.717) is 11.3 Å². The number of benzene rings is 1. The van der Waals surface area contributed by atoms with Crippen LogP contribution in [0.15, 0.2) is 42.9 Å². The average molecular weight is 371 g/mol. The van der Waals surface area contributed by atoms with Crippen molar-refractivity contribution >= 4 is 17.2 Å². The number of halogens is 3. The second-order valence-electron chi connectivity index (χ2n) is 6.34. The number of hydrogen-bond donors (Lipinski definition) is 0. The van der Waals surface area contributed by atoms with Gasteiger partial charge in [0.2, 0.25) is 0 Å². The summed E-state index contributed by atoms with van der Waals surface area (Å²) in [6.45, 7) is 0.834. The Morgan fingerprint density at radius 3 is 2.85 bits per heavy atom. The number of aryl methyl sites for hydroxylation is 1. The fourth-order valence-corrected chi connectivity index (χ4v) is 3.81. The number of rotatable bonds is 2. The van der Waals surface area contributed by atoms with Crippen molar-refractivity contribution in [3.05, 3.63) is 65.3 Å². The summed E-state index contributed by atoms with van der Waals surface area (Å²) >= 11 is 6.22. The van der Waals surface area contributed by atoms with E-state index in [1.807, 2.05) is 28.9 Å². The zero-order valence-corrected chi connectivity index (χ0v) is 14.3. The van der Waals surface area contributed by atoms with Crippen molar-refractivity contribution in [2.24, 2.45) is 0 Å². The Bertz CT molecular complexity index is 1160. The van der Waals surface area contributed by atoms with Crippen LogP contribution in [0.5, 0.6) is 0 Å². The lowest BCUT2D eigenvalue weighted by atomic mass is 10.1. The average Bonchev–Trinajstić information content (AvgIpc) is 3.32. The van der Waals surface area contributed by atoms with E-state index in [-0.39, 0.29) is 5.02 Å². The Hall–Kier alpha value is -2.73. The van der Waals surface area contributed by atoms with Crippen molar-refractivity contribution in [1.82, 2.24) is 18.9 Å². The lowest BCUT2D eigenvalue weighted by molar-refractivity contribution is 0.509. The first kappa shape index (κ1) is 15.5. The molecule has 4 nitrogen and oxygen atoms in total. The molecule has 0 spiro atoms. The molecule has 7 heteroatoms. The van der Waals surface area contributed by atoms with E-state index in [0.717, 1.165) is 54.2 Å². The van der Waals surface area contributed by atoms with Gasteiger partial charge in [0.25, 0.3) is 0 Å². The monoisotopic (exact) mass is 370 g/mol. The molecule has 4 heterocycles. The number of fused-ring (bicyclic) bond motifs is 2. The van der Waals surface area contributed by atoms with Crippen molar-refractivity contribution in [3.8, 4) is 22.5 Å². The molecule has 1 aliphatic heterocycles. The second kappa shape index (κ2) is 5.64. The summed E-state index contributed by atoms with van der Waals surface area (Å²) < 4.78 is 31.4. The van der Waals surface area contributed by atoms with Crippen molar-refractivity contribution in [2.45, 2.75) is 19.4 Å². The first-order valence-corrected chi connectivity index (χ1v) is 8.67. The highest BCUT2D eigenvalue weighted by Gasteiger charge is 2.25. The Balaban J connectivity index is 1.78. The van der Waals surface area contributed by atoms with Gasteiger partial charge in [0, 0.05) is 42.7 Å². The van der Waals surface area contributed by atoms with Gasteiger partial charge in [0.15, 0.2) is 11.6 Å². The van der Waals surface area contributed by atoms with Crippen molar-refractivity contribution in [1.29, 1.82) is 0 Å². The highest BCUT2D eigenvalue weighted by Crippen LogP contribution is 2.39. The van der Waals surface area contributed by atoms with Crippen LogP contribution in [0, 0.1) is 11.6 Å². The summed E-state index contributed by atoms with van der Waals surface area (Å²) in [7, 11) is 0. The second-order valence-corrected chi connectivity index (χ2v) is 6.74. The van der Waals surface area contributed by atoms with Crippen LogP contribution in [-0.2, 0) is 13.0 Å². The van der Waals surface area contributed by atoms with Crippen LogP contribution in [0.4, 0.5) is 8.78 Å². The minimum Gasteiger partial charge on any atom is -0.327 e. The predicted octanol–water partition coefficient (Wildman–Crippen LogP) is 4.74. The summed E-state index contributed by atoms with van der Waals surface area (Å²) in [5, 5.41) is 0.144. The number of imidazole rings is 2. The Morgan fingerprint density at radius 2 is 1.96 bits per heavy atom. The van der Waals surface area contributed by atoms with Gasteiger partial charge in [0.05, 0.1) is 16.4 Å². The maximum Gasteiger partial charge on any atom is 0.160 e. The maximum absolute atomic E-state index is 13.9. The zero-order chi connectivity index (χ0) is 17.8. The minimum absolute atomic E-state index is 0.144. The van der Waals surface area contributed by atoms with E-state index in [4.69, 9.17) is 16.6 Å². The van der Waals surface area contributed by atoms with E-state index in [2.05, 4.69) is 9.55 Å². The minimum atomic E-state index is -0.966. The normalized spacial score (nSPS) is 13.5.